The molecule has 1 fully saturated rings. The first-order chi connectivity index (χ1) is 14.5. The van der Waals surface area contributed by atoms with Crippen molar-refractivity contribution in [2.45, 2.75) is 6.54 Å². The molecule has 0 spiro atoms. The van der Waals surface area contributed by atoms with Crippen molar-refractivity contribution in [1.29, 1.82) is 0 Å². The molecule has 0 radical (unpaired) electrons. The smallest absolute Gasteiger partial charge is 0.255 e. The maximum absolute atomic E-state index is 12.7. The normalized spacial score (nSPS) is 14.7. The van der Waals surface area contributed by atoms with Crippen LogP contribution >= 0.6 is 23.2 Å². The SMILES string of the molecule is COc1ccc(-c2cnc(CN3CCN(C(=O)c4ccc(Cl)cc4Cl)CC3)o2)cc1. The van der Waals surface area contributed by atoms with Gasteiger partial charge in [0.2, 0.25) is 5.89 Å². The summed E-state index contributed by atoms with van der Waals surface area (Å²) in [7, 11) is 1.64. The van der Waals surface area contributed by atoms with Crippen LogP contribution in [0.15, 0.2) is 53.1 Å². The number of benzene rings is 2. The molecule has 1 aliphatic rings. The number of aromatic nitrogens is 1. The number of hydrogen-bond acceptors (Lipinski definition) is 5. The number of methoxy groups -OCH3 is 1. The summed E-state index contributed by atoms with van der Waals surface area (Å²) in [5, 5.41) is 0.891. The van der Waals surface area contributed by atoms with E-state index < -0.39 is 0 Å². The Balaban J connectivity index is 1.33. The summed E-state index contributed by atoms with van der Waals surface area (Å²) in [6.45, 7) is 3.29. The quantitative estimate of drug-likeness (QED) is 0.573. The molecule has 3 aromatic rings. The van der Waals surface area contributed by atoms with E-state index in [0.29, 0.717) is 41.1 Å². The maximum atomic E-state index is 12.7. The van der Waals surface area contributed by atoms with E-state index in [2.05, 4.69) is 9.88 Å². The standard InChI is InChI=1S/C22H21Cl2N3O3/c1-29-17-5-2-15(3-6-17)20-13-25-21(30-20)14-26-8-10-27(11-9-26)22(28)18-7-4-16(23)12-19(18)24/h2-7,12-13H,8-11,14H2,1H3. The number of amides is 1. The molecule has 1 aliphatic heterocycles. The van der Waals surface area contributed by atoms with Crippen molar-refractivity contribution in [2.75, 3.05) is 33.3 Å². The Morgan fingerprint density at radius 3 is 2.50 bits per heavy atom. The first-order valence-electron chi connectivity index (χ1n) is 9.59. The van der Waals surface area contributed by atoms with Crippen molar-refractivity contribution in [3.05, 3.63) is 70.2 Å². The van der Waals surface area contributed by atoms with Crippen LogP contribution in [0.2, 0.25) is 10.0 Å². The second kappa shape index (κ2) is 9.08. The van der Waals surface area contributed by atoms with Crippen LogP contribution < -0.4 is 4.74 Å². The molecule has 6 nitrogen and oxygen atoms in total. The van der Waals surface area contributed by atoms with Crippen molar-refractivity contribution in [2.24, 2.45) is 0 Å². The lowest BCUT2D eigenvalue weighted by atomic mass is 10.2. The lowest BCUT2D eigenvalue weighted by Crippen LogP contribution is -2.48. The van der Waals surface area contributed by atoms with Crippen LogP contribution in [0.25, 0.3) is 11.3 Å². The highest BCUT2D eigenvalue weighted by atomic mass is 35.5. The van der Waals surface area contributed by atoms with Crippen LogP contribution in [0.4, 0.5) is 0 Å². The second-order valence-corrected chi connectivity index (χ2v) is 7.88. The number of carbonyl (C=O) groups excluding carboxylic acids is 1. The molecule has 0 aliphatic carbocycles. The first kappa shape index (κ1) is 20.7. The molecule has 156 valence electrons. The zero-order valence-electron chi connectivity index (χ0n) is 16.5. The van der Waals surface area contributed by atoms with Gasteiger partial charge in [-0.1, -0.05) is 23.2 Å². The van der Waals surface area contributed by atoms with E-state index in [0.717, 1.165) is 30.2 Å². The molecule has 30 heavy (non-hydrogen) atoms. The summed E-state index contributed by atoms with van der Waals surface area (Å²) in [4.78, 5) is 21.2. The van der Waals surface area contributed by atoms with Crippen molar-refractivity contribution in [3.63, 3.8) is 0 Å². The number of hydrogen-bond donors (Lipinski definition) is 0. The largest absolute Gasteiger partial charge is 0.497 e. The Morgan fingerprint density at radius 1 is 1.10 bits per heavy atom. The van der Waals surface area contributed by atoms with Gasteiger partial charge in [0, 0.05) is 36.8 Å². The fraction of sp³-hybridized carbons (Fsp3) is 0.273. The third kappa shape index (κ3) is 4.61. The Hall–Kier alpha value is -2.54. The molecular formula is C22H21Cl2N3O3. The number of halogens is 2. The fourth-order valence-electron chi connectivity index (χ4n) is 3.41. The molecule has 0 bridgehead atoms. The van der Waals surface area contributed by atoms with E-state index >= 15 is 0 Å². The molecule has 8 heteroatoms. The summed E-state index contributed by atoms with van der Waals surface area (Å²) in [5.74, 6) is 2.10. The van der Waals surface area contributed by atoms with Gasteiger partial charge in [-0.15, -0.1) is 0 Å². The topological polar surface area (TPSA) is 58.8 Å². The van der Waals surface area contributed by atoms with Gasteiger partial charge in [0.1, 0.15) is 5.75 Å². The van der Waals surface area contributed by atoms with Gasteiger partial charge < -0.3 is 14.1 Å². The molecule has 2 heterocycles. The van der Waals surface area contributed by atoms with Gasteiger partial charge in [0.25, 0.3) is 5.91 Å². The Bertz CT molecular complexity index is 1030. The summed E-state index contributed by atoms with van der Waals surface area (Å²) in [6, 6.07) is 12.6. The average molecular weight is 446 g/mol. The molecule has 4 rings (SSSR count). The number of oxazole rings is 1. The maximum Gasteiger partial charge on any atom is 0.255 e. The van der Waals surface area contributed by atoms with Gasteiger partial charge >= 0.3 is 0 Å². The van der Waals surface area contributed by atoms with Crippen molar-refractivity contribution < 1.29 is 13.9 Å². The van der Waals surface area contributed by atoms with Gasteiger partial charge in [-0.2, -0.15) is 0 Å². The molecule has 0 atom stereocenters. The van der Waals surface area contributed by atoms with E-state index in [4.69, 9.17) is 32.4 Å². The van der Waals surface area contributed by atoms with Crippen LogP contribution in [0, 0.1) is 0 Å². The van der Waals surface area contributed by atoms with Crippen molar-refractivity contribution >= 4 is 29.1 Å². The predicted molar refractivity (Wildman–Crippen MR) is 116 cm³/mol. The minimum absolute atomic E-state index is 0.0748. The first-order valence-corrected chi connectivity index (χ1v) is 10.3. The third-order valence-electron chi connectivity index (χ3n) is 5.11. The predicted octanol–water partition coefficient (Wildman–Crippen LogP) is 4.62. The summed E-state index contributed by atoms with van der Waals surface area (Å²) in [5.41, 5.74) is 1.43. The number of rotatable bonds is 5. The van der Waals surface area contributed by atoms with E-state index in [9.17, 15) is 4.79 Å². The van der Waals surface area contributed by atoms with E-state index in [1.54, 1.807) is 31.5 Å². The average Bonchev–Trinajstić information content (AvgIpc) is 3.22. The van der Waals surface area contributed by atoms with Crippen LogP contribution in [0.3, 0.4) is 0 Å². The highest BCUT2D eigenvalue weighted by Gasteiger charge is 2.24. The van der Waals surface area contributed by atoms with Gasteiger partial charge in [0.15, 0.2) is 5.76 Å². The van der Waals surface area contributed by atoms with Crippen molar-refractivity contribution in [1.82, 2.24) is 14.8 Å². The van der Waals surface area contributed by atoms with Gasteiger partial charge in [-0.25, -0.2) is 4.98 Å². The van der Waals surface area contributed by atoms with E-state index in [1.807, 2.05) is 29.2 Å². The highest BCUT2D eigenvalue weighted by molar-refractivity contribution is 6.36. The number of ether oxygens (including phenoxy) is 1. The lowest BCUT2D eigenvalue weighted by molar-refractivity contribution is 0.0618. The molecule has 0 N–H and O–H groups in total. The molecule has 0 unspecified atom stereocenters. The van der Waals surface area contributed by atoms with E-state index in [1.165, 1.54) is 0 Å². The molecule has 1 saturated heterocycles. The monoisotopic (exact) mass is 445 g/mol. The summed E-state index contributed by atoms with van der Waals surface area (Å²) in [6.07, 6.45) is 1.74. The minimum atomic E-state index is -0.0748. The lowest BCUT2D eigenvalue weighted by Gasteiger charge is -2.34. The summed E-state index contributed by atoms with van der Waals surface area (Å²) >= 11 is 12.1. The number of nitrogens with zero attached hydrogens (tertiary/aromatic N) is 3. The number of piperazine rings is 1. The highest BCUT2D eigenvalue weighted by Crippen LogP contribution is 2.25. The van der Waals surface area contributed by atoms with Gasteiger partial charge in [-0.05, 0) is 42.5 Å². The molecule has 1 aromatic heterocycles. The van der Waals surface area contributed by atoms with Gasteiger partial charge in [0.05, 0.1) is 30.4 Å². The van der Waals surface area contributed by atoms with Crippen LogP contribution in [0.5, 0.6) is 5.75 Å². The van der Waals surface area contributed by atoms with Crippen molar-refractivity contribution in [3.8, 4) is 17.1 Å². The minimum Gasteiger partial charge on any atom is -0.497 e. The fourth-order valence-corrected chi connectivity index (χ4v) is 3.90. The zero-order chi connectivity index (χ0) is 21.1. The second-order valence-electron chi connectivity index (χ2n) is 7.04. The van der Waals surface area contributed by atoms with Crippen LogP contribution in [-0.4, -0.2) is 54.0 Å². The number of carbonyl (C=O) groups is 1. The molecule has 0 saturated carbocycles. The molecule has 2 aromatic carbocycles. The Labute approximate surface area is 185 Å². The summed E-state index contributed by atoms with van der Waals surface area (Å²) < 4.78 is 11.1. The van der Waals surface area contributed by atoms with Crippen LogP contribution in [-0.2, 0) is 6.54 Å². The zero-order valence-corrected chi connectivity index (χ0v) is 18.0. The molecular weight excluding hydrogens is 425 g/mol. The van der Waals surface area contributed by atoms with Gasteiger partial charge in [-0.3, -0.25) is 9.69 Å². The Kier molecular flexibility index (Phi) is 6.27. The Morgan fingerprint density at radius 2 is 1.83 bits per heavy atom. The van der Waals surface area contributed by atoms with Crippen LogP contribution in [0.1, 0.15) is 16.2 Å². The third-order valence-corrected chi connectivity index (χ3v) is 5.66. The van der Waals surface area contributed by atoms with E-state index in [-0.39, 0.29) is 5.91 Å². The molecule has 1 amide bonds.